The molecule has 29 heavy (non-hydrogen) atoms. The van der Waals surface area contributed by atoms with Gasteiger partial charge in [-0.25, -0.2) is 23.7 Å². The van der Waals surface area contributed by atoms with Gasteiger partial charge in [0.05, 0.1) is 18.4 Å². The first-order chi connectivity index (χ1) is 13.9. The number of amides is 1. The number of carbonyl (C=O) groups is 1. The molecule has 0 bridgehead atoms. The highest BCUT2D eigenvalue weighted by atomic mass is 19.1. The summed E-state index contributed by atoms with van der Waals surface area (Å²) in [5.74, 6) is -0.932. The smallest absolute Gasteiger partial charge is 0.334 e. The summed E-state index contributed by atoms with van der Waals surface area (Å²) in [6.45, 7) is 0. The Bertz CT molecular complexity index is 1330. The minimum atomic E-state index is -0.853. The molecular weight excluding hydrogens is 377 g/mol. The number of imidazole rings is 1. The number of aromatic nitrogens is 4. The Morgan fingerprint density at radius 2 is 1.90 bits per heavy atom. The number of benzene rings is 2. The molecule has 0 fully saturated rings. The molecule has 4 aromatic rings. The number of methoxy groups -OCH3 is 1. The van der Waals surface area contributed by atoms with Gasteiger partial charge in [-0.2, -0.15) is 0 Å². The predicted octanol–water partition coefficient (Wildman–Crippen LogP) is 2.03. The van der Waals surface area contributed by atoms with Crippen LogP contribution >= 0.6 is 0 Å². The normalized spacial score (nSPS) is 11.0. The Morgan fingerprint density at radius 1 is 1.14 bits per heavy atom. The molecule has 1 amide bonds. The van der Waals surface area contributed by atoms with E-state index in [9.17, 15) is 14.0 Å². The molecule has 0 aliphatic heterocycles. The fourth-order valence-corrected chi connectivity index (χ4v) is 3.16. The van der Waals surface area contributed by atoms with Crippen LogP contribution in [0.1, 0.15) is 10.5 Å². The first-order valence-corrected chi connectivity index (χ1v) is 8.61. The number of halogens is 1. The maximum absolute atomic E-state index is 14.3. The van der Waals surface area contributed by atoms with Crippen LogP contribution in [0.15, 0.2) is 53.3 Å². The van der Waals surface area contributed by atoms with Crippen LogP contribution in [0.5, 0.6) is 5.75 Å². The zero-order valence-electron chi connectivity index (χ0n) is 15.6. The zero-order valence-corrected chi connectivity index (χ0v) is 15.6. The van der Waals surface area contributed by atoms with Crippen molar-refractivity contribution in [2.75, 3.05) is 7.11 Å². The second-order valence-corrected chi connectivity index (χ2v) is 6.29. The summed E-state index contributed by atoms with van der Waals surface area (Å²) in [6, 6.07) is 12.7. The molecule has 2 N–H and O–H groups in total. The van der Waals surface area contributed by atoms with Crippen molar-refractivity contribution < 1.29 is 13.9 Å². The zero-order chi connectivity index (χ0) is 20.7. The second-order valence-electron chi connectivity index (χ2n) is 6.29. The fourth-order valence-electron chi connectivity index (χ4n) is 3.16. The molecule has 0 saturated heterocycles. The van der Waals surface area contributed by atoms with E-state index in [0.717, 1.165) is 0 Å². The third-order valence-corrected chi connectivity index (χ3v) is 4.55. The van der Waals surface area contributed by atoms with Crippen LogP contribution in [0.3, 0.4) is 0 Å². The second kappa shape index (κ2) is 6.86. The van der Waals surface area contributed by atoms with Crippen molar-refractivity contribution in [2.45, 2.75) is 0 Å². The minimum Gasteiger partial charge on any atom is -0.497 e. The van der Waals surface area contributed by atoms with Crippen LogP contribution in [0, 0.1) is 5.82 Å². The van der Waals surface area contributed by atoms with Gasteiger partial charge in [0.1, 0.15) is 17.1 Å². The number of hydrogen-bond donors (Lipinski definition) is 1. The third kappa shape index (κ3) is 2.92. The molecular formula is C20H16FN5O3. The molecule has 8 nitrogen and oxygen atoms in total. The van der Waals surface area contributed by atoms with Gasteiger partial charge in [-0.05, 0) is 24.3 Å². The molecule has 2 aromatic carbocycles. The largest absolute Gasteiger partial charge is 0.497 e. The lowest BCUT2D eigenvalue weighted by molar-refractivity contribution is 0.0997. The van der Waals surface area contributed by atoms with Gasteiger partial charge in [-0.15, -0.1) is 0 Å². The SMILES string of the molecule is COc1cccc(-n2c(=O)n(C)c3c(C(N)=O)nc(-c4ccccc4F)nc32)c1. The number of rotatable bonds is 4. The Hall–Kier alpha value is -4.01. The van der Waals surface area contributed by atoms with E-state index in [1.165, 1.54) is 41.5 Å². The number of nitrogens with zero attached hydrogens (tertiary/aromatic N) is 4. The summed E-state index contributed by atoms with van der Waals surface area (Å²) < 4.78 is 22.1. The number of ether oxygens (including phenoxy) is 1. The van der Waals surface area contributed by atoms with Gasteiger partial charge in [0.25, 0.3) is 5.91 Å². The van der Waals surface area contributed by atoms with Crippen molar-refractivity contribution in [2.24, 2.45) is 12.8 Å². The lowest BCUT2D eigenvalue weighted by atomic mass is 10.2. The summed E-state index contributed by atoms with van der Waals surface area (Å²) in [4.78, 5) is 33.6. The lowest BCUT2D eigenvalue weighted by Gasteiger charge is -2.08. The van der Waals surface area contributed by atoms with Crippen LogP contribution < -0.4 is 16.2 Å². The fraction of sp³-hybridized carbons (Fsp3) is 0.100. The van der Waals surface area contributed by atoms with E-state index in [1.54, 1.807) is 30.3 Å². The minimum absolute atomic E-state index is 0.0494. The van der Waals surface area contributed by atoms with Gasteiger partial charge < -0.3 is 10.5 Å². The molecule has 4 rings (SSSR count). The molecule has 0 saturated carbocycles. The van der Waals surface area contributed by atoms with Gasteiger partial charge >= 0.3 is 5.69 Å². The van der Waals surface area contributed by atoms with Crippen LogP contribution in [0.4, 0.5) is 4.39 Å². The van der Waals surface area contributed by atoms with E-state index in [2.05, 4.69) is 9.97 Å². The number of primary amides is 1. The molecule has 0 unspecified atom stereocenters. The highest BCUT2D eigenvalue weighted by Crippen LogP contribution is 2.25. The average Bonchev–Trinajstić information content (AvgIpc) is 2.98. The first-order valence-electron chi connectivity index (χ1n) is 8.61. The third-order valence-electron chi connectivity index (χ3n) is 4.55. The molecule has 0 spiro atoms. The van der Waals surface area contributed by atoms with E-state index in [0.29, 0.717) is 11.4 Å². The molecule has 0 aliphatic rings. The van der Waals surface area contributed by atoms with Gasteiger partial charge in [-0.1, -0.05) is 18.2 Å². The Kier molecular flexibility index (Phi) is 4.34. The highest BCUT2D eigenvalue weighted by molar-refractivity contribution is 6.02. The van der Waals surface area contributed by atoms with Crippen molar-refractivity contribution in [3.05, 3.63) is 70.5 Å². The quantitative estimate of drug-likeness (QED) is 0.571. The Labute approximate surface area is 164 Å². The van der Waals surface area contributed by atoms with Crippen molar-refractivity contribution in [3.63, 3.8) is 0 Å². The van der Waals surface area contributed by atoms with Crippen molar-refractivity contribution >= 4 is 17.1 Å². The maximum Gasteiger partial charge on any atom is 0.334 e. The molecule has 2 aromatic heterocycles. The van der Waals surface area contributed by atoms with Crippen molar-refractivity contribution in [3.8, 4) is 22.8 Å². The highest BCUT2D eigenvalue weighted by Gasteiger charge is 2.23. The average molecular weight is 393 g/mol. The van der Waals surface area contributed by atoms with E-state index < -0.39 is 17.4 Å². The topological polar surface area (TPSA) is 105 Å². The van der Waals surface area contributed by atoms with Crippen LogP contribution in [0.2, 0.25) is 0 Å². The standard InChI is InChI=1S/C20H16FN5O3/c1-25-16-15(17(22)27)23-18(13-8-3-4-9-14(13)21)24-19(16)26(20(25)28)11-6-5-7-12(10-11)29-2/h3-10H,1-2H3,(H2,22,27). The van der Waals surface area contributed by atoms with Gasteiger partial charge in [0, 0.05) is 13.1 Å². The number of aryl methyl sites for hydroxylation is 1. The monoisotopic (exact) mass is 393 g/mol. The number of carbonyl (C=O) groups excluding carboxylic acids is 1. The molecule has 9 heteroatoms. The summed E-state index contributed by atoms with van der Waals surface area (Å²) in [7, 11) is 2.99. The maximum atomic E-state index is 14.3. The molecule has 0 atom stereocenters. The number of fused-ring (bicyclic) bond motifs is 1. The van der Waals surface area contributed by atoms with Crippen LogP contribution in [-0.4, -0.2) is 32.1 Å². The Morgan fingerprint density at radius 3 is 2.59 bits per heavy atom. The number of nitrogens with two attached hydrogens (primary N) is 1. The van der Waals surface area contributed by atoms with E-state index >= 15 is 0 Å². The van der Waals surface area contributed by atoms with Crippen molar-refractivity contribution in [1.82, 2.24) is 19.1 Å². The van der Waals surface area contributed by atoms with Gasteiger partial charge in [0.2, 0.25) is 0 Å². The van der Waals surface area contributed by atoms with Gasteiger partial charge in [0.15, 0.2) is 17.2 Å². The van der Waals surface area contributed by atoms with Crippen LogP contribution in [0.25, 0.3) is 28.2 Å². The lowest BCUT2D eigenvalue weighted by Crippen LogP contribution is -2.21. The summed E-state index contributed by atoms with van der Waals surface area (Å²) >= 11 is 0. The van der Waals surface area contributed by atoms with E-state index in [4.69, 9.17) is 10.5 Å². The van der Waals surface area contributed by atoms with Gasteiger partial charge in [-0.3, -0.25) is 9.36 Å². The molecule has 2 heterocycles. The first kappa shape index (κ1) is 18.4. The Balaban J connectivity index is 2.13. The van der Waals surface area contributed by atoms with E-state index in [-0.39, 0.29) is 28.2 Å². The molecule has 0 aliphatic carbocycles. The predicted molar refractivity (Wildman–Crippen MR) is 105 cm³/mol. The summed E-state index contributed by atoms with van der Waals surface area (Å²) in [6.07, 6.45) is 0. The van der Waals surface area contributed by atoms with E-state index in [1.807, 2.05) is 0 Å². The summed E-state index contributed by atoms with van der Waals surface area (Å²) in [5, 5.41) is 0. The molecule has 0 radical (unpaired) electrons. The molecule has 146 valence electrons. The van der Waals surface area contributed by atoms with Crippen molar-refractivity contribution in [1.29, 1.82) is 0 Å². The number of hydrogen-bond acceptors (Lipinski definition) is 5. The van der Waals surface area contributed by atoms with Crippen LogP contribution in [-0.2, 0) is 7.05 Å². The summed E-state index contributed by atoms with van der Waals surface area (Å²) in [5.41, 5.74) is 5.72.